The van der Waals surface area contributed by atoms with Crippen LogP contribution in [0.4, 0.5) is 5.69 Å². The Morgan fingerprint density at radius 1 is 1.17 bits per heavy atom. The number of aryl methyl sites for hydroxylation is 2. The van der Waals surface area contributed by atoms with Gasteiger partial charge in [0, 0.05) is 11.7 Å². The Kier molecular flexibility index (Phi) is 2.93. The lowest BCUT2D eigenvalue weighted by molar-refractivity contribution is 0.400. The lowest BCUT2D eigenvalue weighted by atomic mass is 9.87. The van der Waals surface area contributed by atoms with Crippen LogP contribution in [0.3, 0.4) is 0 Å². The second kappa shape index (κ2) is 4.46. The Balaban J connectivity index is 1.71. The minimum Gasteiger partial charge on any atom is -0.382 e. The average molecular weight is 241 g/mol. The Morgan fingerprint density at radius 3 is 2.61 bits per heavy atom. The Hall–Kier alpha value is -1.24. The predicted octanol–water partition coefficient (Wildman–Crippen LogP) is 4.32. The van der Waals surface area contributed by atoms with Crippen LogP contribution in [0.1, 0.15) is 30.9 Å². The van der Waals surface area contributed by atoms with E-state index < -0.39 is 0 Å². The molecule has 96 valence electrons. The highest BCUT2D eigenvalue weighted by molar-refractivity contribution is 5.52. The molecule has 3 rings (SSSR count). The van der Waals surface area contributed by atoms with Crippen LogP contribution in [0.2, 0.25) is 0 Å². The van der Waals surface area contributed by atoms with E-state index in [1.807, 2.05) is 0 Å². The van der Waals surface area contributed by atoms with Crippen LogP contribution in [0.15, 0.2) is 30.4 Å². The second-order valence-electron chi connectivity index (χ2n) is 6.20. The van der Waals surface area contributed by atoms with Gasteiger partial charge in [-0.25, -0.2) is 0 Å². The molecule has 0 heterocycles. The van der Waals surface area contributed by atoms with Gasteiger partial charge in [0.15, 0.2) is 0 Å². The summed E-state index contributed by atoms with van der Waals surface area (Å²) in [4.78, 5) is 0. The zero-order valence-electron chi connectivity index (χ0n) is 11.6. The molecule has 1 aromatic carbocycles. The monoisotopic (exact) mass is 241 g/mol. The van der Waals surface area contributed by atoms with Gasteiger partial charge in [-0.15, -0.1) is 0 Å². The van der Waals surface area contributed by atoms with E-state index in [-0.39, 0.29) is 0 Å². The number of allylic oxidation sites excluding steroid dienone is 2. The van der Waals surface area contributed by atoms with Crippen LogP contribution in [-0.4, -0.2) is 6.04 Å². The van der Waals surface area contributed by atoms with Crippen LogP contribution >= 0.6 is 0 Å². The smallest absolute Gasteiger partial charge is 0.0372 e. The van der Waals surface area contributed by atoms with Crippen LogP contribution < -0.4 is 5.32 Å². The van der Waals surface area contributed by atoms with Gasteiger partial charge in [-0.1, -0.05) is 29.8 Å². The average Bonchev–Trinajstić information content (AvgIpc) is 2.94. The van der Waals surface area contributed by atoms with Crippen molar-refractivity contribution in [3.05, 3.63) is 41.5 Å². The third kappa shape index (κ3) is 2.07. The molecule has 18 heavy (non-hydrogen) atoms. The van der Waals surface area contributed by atoms with Crippen molar-refractivity contribution in [3.63, 3.8) is 0 Å². The van der Waals surface area contributed by atoms with Crippen LogP contribution in [0.5, 0.6) is 0 Å². The van der Waals surface area contributed by atoms with Gasteiger partial charge in [0.05, 0.1) is 0 Å². The second-order valence-corrected chi connectivity index (χ2v) is 6.20. The normalized spacial score (nSPS) is 30.7. The summed E-state index contributed by atoms with van der Waals surface area (Å²) in [6.45, 7) is 6.70. The molecule has 4 unspecified atom stereocenters. The summed E-state index contributed by atoms with van der Waals surface area (Å²) in [5.74, 6) is 2.51. The van der Waals surface area contributed by atoms with E-state index in [1.54, 1.807) is 0 Å². The first-order valence-corrected chi connectivity index (χ1v) is 7.15. The SMILES string of the molecule is Cc1ccc(NC(C)C2CC3C=CC2C3)c(C)c1. The van der Waals surface area contributed by atoms with Crippen molar-refractivity contribution in [2.24, 2.45) is 17.8 Å². The highest BCUT2D eigenvalue weighted by Crippen LogP contribution is 2.45. The maximum atomic E-state index is 3.73. The van der Waals surface area contributed by atoms with Crippen molar-refractivity contribution < 1.29 is 0 Å². The molecule has 4 atom stereocenters. The Bertz CT molecular complexity index is 474. The maximum Gasteiger partial charge on any atom is 0.0372 e. The number of hydrogen-bond donors (Lipinski definition) is 1. The molecule has 0 spiro atoms. The largest absolute Gasteiger partial charge is 0.382 e. The minimum atomic E-state index is 0.575. The third-order valence-corrected chi connectivity index (χ3v) is 4.74. The quantitative estimate of drug-likeness (QED) is 0.777. The lowest BCUT2D eigenvalue weighted by Crippen LogP contribution is -2.29. The highest BCUT2D eigenvalue weighted by atomic mass is 14.9. The van der Waals surface area contributed by atoms with Gasteiger partial charge in [-0.2, -0.15) is 0 Å². The fraction of sp³-hybridized carbons (Fsp3) is 0.529. The lowest BCUT2D eigenvalue weighted by Gasteiger charge is -2.27. The number of fused-ring (bicyclic) bond motifs is 2. The van der Waals surface area contributed by atoms with E-state index in [0.29, 0.717) is 6.04 Å². The molecule has 1 fully saturated rings. The predicted molar refractivity (Wildman–Crippen MR) is 77.8 cm³/mol. The van der Waals surface area contributed by atoms with E-state index in [0.717, 1.165) is 17.8 Å². The van der Waals surface area contributed by atoms with E-state index in [4.69, 9.17) is 0 Å². The number of rotatable bonds is 3. The summed E-state index contributed by atoms with van der Waals surface area (Å²) in [7, 11) is 0. The number of nitrogens with one attached hydrogen (secondary N) is 1. The number of hydrogen-bond acceptors (Lipinski definition) is 1. The third-order valence-electron chi connectivity index (χ3n) is 4.74. The summed E-state index contributed by atoms with van der Waals surface area (Å²) >= 11 is 0. The van der Waals surface area contributed by atoms with Crippen molar-refractivity contribution >= 4 is 5.69 Å². The minimum absolute atomic E-state index is 0.575. The number of benzene rings is 1. The zero-order chi connectivity index (χ0) is 12.7. The van der Waals surface area contributed by atoms with Crippen LogP contribution in [0, 0.1) is 31.6 Å². The van der Waals surface area contributed by atoms with Crippen LogP contribution in [-0.2, 0) is 0 Å². The molecule has 1 N–H and O–H groups in total. The maximum absolute atomic E-state index is 3.73. The number of anilines is 1. The molecule has 1 heteroatoms. The molecular weight excluding hydrogens is 218 g/mol. The van der Waals surface area contributed by atoms with Crippen molar-refractivity contribution in [2.45, 2.75) is 39.7 Å². The van der Waals surface area contributed by atoms with Crippen molar-refractivity contribution in [1.82, 2.24) is 0 Å². The fourth-order valence-corrected chi connectivity index (χ4v) is 3.73. The van der Waals surface area contributed by atoms with Gasteiger partial charge in [0.25, 0.3) is 0 Å². The van der Waals surface area contributed by atoms with Gasteiger partial charge in [-0.05, 0) is 63.0 Å². The molecule has 0 amide bonds. The van der Waals surface area contributed by atoms with E-state index in [9.17, 15) is 0 Å². The van der Waals surface area contributed by atoms with Crippen molar-refractivity contribution in [1.29, 1.82) is 0 Å². The molecular formula is C17H23N. The molecule has 0 aliphatic heterocycles. The summed E-state index contributed by atoms with van der Waals surface area (Å²) in [6.07, 6.45) is 7.63. The Labute approximate surface area is 110 Å². The van der Waals surface area contributed by atoms with Crippen LogP contribution in [0.25, 0.3) is 0 Å². The molecule has 2 bridgehead atoms. The zero-order valence-corrected chi connectivity index (χ0v) is 11.6. The molecule has 0 aromatic heterocycles. The summed E-state index contributed by atoms with van der Waals surface area (Å²) < 4.78 is 0. The van der Waals surface area contributed by atoms with Crippen molar-refractivity contribution in [2.75, 3.05) is 5.32 Å². The Morgan fingerprint density at radius 2 is 2.00 bits per heavy atom. The molecule has 0 radical (unpaired) electrons. The molecule has 2 aliphatic rings. The fourth-order valence-electron chi connectivity index (χ4n) is 3.73. The van der Waals surface area contributed by atoms with Gasteiger partial charge in [0.1, 0.15) is 0 Å². The van der Waals surface area contributed by atoms with Gasteiger partial charge in [0.2, 0.25) is 0 Å². The van der Waals surface area contributed by atoms with Gasteiger partial charge in [-0.3, -0.25) is 0 Å². The van der Waals surface area contributed by atoms with Gasteiger partial charge < -0.3 is 5.32 Å². The van der Waals surface area contributed by atoms with E-state index in [2.05, 4.69) is 56.4 Å². The van der Waals surface area contributed by atoms with E-state index >= 15 is 0 Å². The summed E-state index contributed by atoms with van der Waals surface area (Å²) in [6, 6.07) is 7.26. The molecule has 1 saturated carbocycles. The van der Waals surface area contributed by atoms with Gasteiger partial charge >= 0.3 is 0 Å². The molecule has 1 nitrogen and oxygen atoms in total. The van der Waals surface area contributed by atoms with E-state index in [1.165, 1.54) is 29.7 Å². The molecule has 2 aliphatic carbocycles. The molecule has 0 saturated heterocycles. The first-order chi connectivity index (χ1) is 8.63. The topological polar surface area (TPSA) is 12.0 Å². The van der Waals surface area contributed by atoms with Crippen molar-refractivity contribution in [3.8, 4) is 0 Å². The highest BCUT2D eigenvalue weighted by Gasteiger charge is 2.38. The first-order valence-electron chi connectivity index (χ1n) is 7.15. The summed E-state index contributed by atoms with van der Waals surface area (Å²) in [5.41, 5.74) is 4.01. The standard InChI is InChI=1S/C17H23N/c1-11-4-7-17(12(2)8-11)18-13(3)16-10-14-5-6-15(16)9-14/h4-8,13-16,18H,9-10H2,1-3H3. The first kappa shape index (κ1) is 11.8. The molecule has 1 aromatic rings. The summed E-state index contributed by atoms with van der Waals surface area (Å²) in [5, 5.41) is 3.73.